The maximum atomic E-state index is 12.4. The van der Waals surface area contributed by atoms with E-state index >= 15 is 0 Å². The van der Waals surface area contributed by atoms with Gasteiger partial charge in [0.1, 0.15) is 6.61 Å². The van der Waals surface area contributed by atoms with Gasteiger partial charge in [0.05, 0.1) is 6.61 Å². The van der Waals surface area contributed by atoms with Gasteiger partial charge in [0.2, 0.25) is 0 Å². The molecule has 8 nitrogen and oxygen atoms in total. The molecule has 0 aliphatic heterocycles. The minimum atomic E-state index is -4.25. The fourth-order valence-corrected chi connectivity index (χ4v) is 5.58. The standard InChI is InChI=1S/C36H69O8P/c1-4-6-8-10-12-14-16-18-19-21-23-25-27-29-31-36(38)44-34(33-43-45(39,40)41-3)32-42-35(37)30-28-26-24-22-20-17-15-13-11-9-7-5-2/h16,18,34H,4-15,17,19-33H2,1-3H3,(H,39,40)/b18-16-. The Labute approximate surface area is 276 Å². The van der Waals surface area contributed by atoms with Crippen molar-refractivity contribution in [1.29, 1.82) is 0 Å². The maximum Gasteiger partial charge on any atom is 0.472 e. The highest BCUT2D eigenvalue weighted by atomic mass is 31.2. The van der Waals surface area contributed by atoms with Gasteiger partial charge in [-0.2, -0.15) is 0 Å². The molecule has 0 bridgehead atoms. The first-order valence-electron chi connectivity index (χ1n) is 18.4. The van der Waals surface area contributed by atoms with Crippen LogP contribution in [0.4, 0.5) is 0 Å². The van der Waals surface area contributed by atoms with Crippen LogP contribution in [0.2, 0.25) is 0 Å². The summed E-state index contributed by atoms with van der Waals surface area (Å²) in [6, 6.07) is 0. The van der Waals surface area contributed by atoms with Crippen molar-refractivity contribution in [1.82, 2.24) is 0 Å². The number of allylic oxidation sites excluding steroid dienone is 2. The van der Waals surface area contributed by atoms with Crippen molar-refractivity contribution < 1.29 is 37.6 Å². The quantitative estimate of drug-likeness (QED) is 0.0314. The van der Waals surface area contributed by atoms with Crippen LogP contribution < -0.4 is 0 Å². The van der Waals surface area contributed by atoms with E-state index in [0.717, 1.165) is 58.5 Å². The molecule has 0 rings (SSSR count). The highest BCUT2D eigenvalue weighted by Gasteiger charge is 2.24. The number of hydrogen-bond acceptors (Lipinski definition) is 7. The molecule has 2 atom stereocenters. The van der Waals surface area contributed by atoms with E-state index in [1.165, 1.54) is 96.3 Å². The van der Waals surface area contributed by atoms with Crippen LogP contribution in [0.1, 0.15) is 181 Å². The molecule has 266 valence electrons. The van der Waals surface area contributed by atoms with Gasteiger partial charge >= 0.3 is 19.8 Å². The maximum absolute atomic E-state index is 12.4. The molecule has 0 aromatic carbocycles. The first-order chi connectivity index (χ1) is 21.8. The van der Waals surface area contributed by atoms with Crippen molar-refractivity contribution >= 4 is 19.8 Å². The molecular weight excluding hydrogens is 591 g/mol. The van der Waals surface area contributed by atoms with Gasteiger partial charge in [-0.1, -0.05) is 142 Å². The first kappa shape index (κ1) is 43.8. The highest BCUT2D eigenvalue weighted by Crippen LogP contribution is 2.42. The Morgan fingerprint density at radius 1 is 0.600 bits per heavy atom. The molecule has 0 saturated carbocycles. The summed E-state index contributed by atoms with van der Waals surface area (Å²) in [6.45, 7) is 3.86. The van der Waals surface area contributed by atoms with Gasteiger partial charge in [-0.15, -0.1) is 0 Å². The minimum Gasteiger partial charge on any atom is -0.462 e. The Balaban J connectivity index is 4.08. The lowest BCUT2D eigenvalue weighted by atomic mass is 10.0. The van der Waals surface area contributed by atoms with Crippen LogP contribution in [0.15, 0.2) is 12.2 Å². The van der Waals surface area contributed by atoms with Crippen LogP contribution in [0, 0.1) is 0 Å². The average molecular weight is 661 g/mol. The third-order valence-electron chi connectivity index (χ3n) is 8.01. The zero-order valence-electron chi connectivity index (χ0n) is 29.3. The van der Waals surface area contributed by atoms with Crippen LogP contribution in [-0.2, 0) is 32.7 Å². The molecule has 0 aliphatic rings. The predicted molar refractivity (Wildman–Crippen MR) is 184 cm³/mol. The third-order valence-corrected chi connectivity index (χ3v) is 8.95. The Hall–Kier alpha value is -1.21. The summed E-state index contributed by atoms with van der Waals surface area (Å²) in [4.78, 5) is 34.2. The van der Waals surface area contributed by atoms with Gasteiger partial charge in [-0.3, -0.25) is 18.6 Å². The topological polar surface area (TPSA) is 108 Å². The van der Waals surface area contributed by atoms with Crippen LogP contribution >= 0.6 is 7.82 Å². The zero-order valence-corrected chi connectivity index (χ0v) is 30.2. The van der Waals surface area contributed by atoms with Crippen LogP contribution in [0.25, 0.3) is 0 Å². The van der Waals surface area contributed by atoms with E-state index in [1.807, 2.05) is 0 Å². The summed E-state index contributed by atoms with van der Waals surface area (Å²) in [5, 5.41) is 0. The number of carbonyl (C=O) groups is 2. The van der Waals surface area contributed by atoms with Gasteiger partial charge in [0.15, 0.2) is 6.10 Å². The van der Waals surface area contributed by atoms with Gasteiger partial charge in [-0.25, -0.2) is 4.57 Å². The van der Waals surface area contributed by atoms with Crippen molar-refractivity contribution in [2.24, 2.45) is 0 Å². The summed E-state index contributed by atoms with van der Waals surface area (Å²) in [5.41, 5.74) is 0. The van der Waals surface area contributed by atoms with Gasteiger partial charge in [-0.05, 0) is 38.5 Å². The molecular formula is C36H69O8P. The minimum absolute atomic E-state index is 0.223. The molecule has 45 heavy (non-hydrogen) atoms. The number of rotatable bonds is 34. The smallest absolute Gasteiger partial charge is 0.462 e. The lowest BCUT2D eigenvalue weighted by Crippen LogP contribution is -2.29. The summed E-state index contributed by atoms with van der Waals surface area (Å²) < 4.78 is 31.8. The number of unbranched alkanes of at least 4 members (excludes halogenated alkanes) is 21. The van der Waals surface area contributed by atoms with E-state index < -0.39 is 26.5 Å². The molecule has 2 unspecified atom stereocenters. The molecule has 0 aliphatic carbocycles. The fraction of sp³-hybridized carbons (Fsp3) is 0.889. The van der Waals surface area contributed by atoms with E-state index in [-0.39, 0.29) is 19.0 Å². The van der Waals surface area contributed by atoms with Gasteiger partial charge < -0.3 is 14.4 Å². The average Bonchev–Trinajstić information content (AvgIpc) is 3.03. The molecule has 0 aromatic heterocycles. The summed E-state index contributed by atoms with van der Waals surface area (Å²) >= 11 is 0. The van der Waals surface area contributed by atoms with Crippen molar-refractivity contribution in [3.63, 3.8) is 0 Å². The van der Waals surface area contributed by atoms with E-state index in [9.17, 15) is 19.0 Å². The second kappa shape index (κ2) is 32.7. The molecule has 0 heterocycles. The third kappa shape index (κ3) is 32.5. The molecule has 0 fully saturated rings. The van der Waals surface area contributed by atoms with Crippen molar-refractivity contribution in [3.8, 4) is 0 Å². The molecule has 0 spiro atoms. The van der Waals surface area contributed by atoms with Gasteiger partial charge in [0.25, 0.3) is 0 Å². The van der Waals surface area contributed by atoms with Crippen LogP contribution in [0.5, 0.6) is 0 Å². The lowest BCUT2D eigenvalue weighted by Gasteiger charge is -2.19. The Morgan fingerprint density at radius 3 is 1.44 bits per heavy atom. The van der Waals surface area contributed by atoms with Gasteiger partial charge in [0, 0.05) is 20.0 Å². The molecule has 0 aromatic rings. The number of hydrogen-bond donors (Lipinski definition) is 1. The number of ether oxygens (including phenoxy) is 2. The zero-order chi connectivity index (χ0) is 33.3. The predicted octanol–water partition coefficient (Wildman–Crippen LogP) is 10.9. The Kier molecular flexibility index (Phi) is 31.8. The summed E-state index contributed by atoms with van der Waals surface area (Å²) in [5.74, 6) is -0.809. The number of carbonyl (C=O) groups excluding carboxylic acids is 2. The molecule has 1 N–H and O–H groups in total. The molecule has 9 heteroatoms. The van der Waals surface area contributed by atoms with E-state index in [2.05, 4.69) is 30.5 Å². The fourth-order valence-electron chi connectivity index (χ4n) is 5.12. The molecule has 0 saturated heterocycles. The number of phosphoric ester groups is 1. The van der Waals surface area contributed by atoms with E-state index in [0.29, 0.717) is 12.8 Å². The largest absolute Gasteiger partial charge is 0.472 e. The number of esters is 2. The Bertz CT molecular complexity index is 757. The van der Waals surface area contributed by atoms with Crippen molar-refractivity contribution in [3.05, 3.63) is 12.2 Å². The second-order valence-electron chi connectivity index (χ2n) is 12.4. The van der Waals surface area contributed by atoms with Crippen LogP contribution in [0.3, 0.4) is 0 Å². The highest BCUT2D eigenvalue weighted by molar-refractivity contribution is 7.47. The summed E-state index contributed by atoms with van der Waals surface area (Å²) in [7, 11) is -3.19. The Morgan fingerprint density at radius 2 is 1.00 bits per heavy atom. The van der Waals surface area contributed by atoms with Crippen molar-refractivity contribution in [2.45, 2.75) is 187 Å². The summed E-state index contributed by atoms with van der Waals surface area (Å²) in [6.07, 6.45) is 32.6. The molecule has 0 radical (unpaired) electrons. The van der Waals surface area contributed by atoms with E-state index in [4.69, 9.17) is 14.0 Å². The molecule has 0 amide bonds. The first-order valence-corrected chi connectivity index (χ1v) is 19.9. The van der Waals surface area contributed by atoms with Crippen molar-refractivity contribution in [2.75, 3.05) is 20.3 Å². The lowest BCUT2D eigenvalue weighted by molar-refractivity contribution is -0.161. The van der Waals surface area contributed by atoms with E-state index in [1.54, 1.807) is 0 Å². The number of phosphoric acid groups is 1. The second-order valence-corrected chi connectivity index (χ2v) is 13.9. The SMILES string of the molecule is CCCCCCC/C=C\CCCCCCCC(=O)OC(COC(=O)CCCCCCCCCCCCCC)COP(=O)(O)OC. The normalized spacial score (nSPS) is 13.6. The monoisotopic (exact) mass is 660 g/mol. The van der Waals surface area contributed by atoms with Crippen LogP contribution in [-0.4, -0.2) is 43.3 Å².